The van der Waals surface area contributed by atoms with Gasteiger partial charge in [-0.05, 0) is 95.5 Å². The number of carbonyl (C=O) groups excluding carboxylic acids is 2. The molecule has 31 heavy (non-hydrogen) atoms. The van der Waals surface area contributed by atoms with E-state index in [9.17, 15) is 9.59 Å². The Morgan fingerprint density at radius 3 is 2.06 bits per heavy atom. The Bertz CT molecular complexity index is 970. The second kappa shape index (κ2) is 9.38. The molecule has 0 saturated carbocycles. The van der Waals surface area contributed by atoms with Crippen LogP contribution in [0.3, 0.4) is 0 Å². The predicted molar refractivity (Wildman–Crippen MR) is 123 cm³/mol. The number of rotatable bonds is 7. The van der Waals surface area contributed by atoms with Crippen molar-refractivity contribution in [3.05, 3.63) is 64.7 Å². The average molecular weight is 425 g/mol. The largest absolute Gasteiger partial charge is 0.496 e. The molecule has 0 N–H and O–H groups in total. The molecule has 0 saturated heterocycles. The topological polar surface area (TPSA) is 61.8 Å². The highest BCUT2D eigenvalue weighted by atomic mass is 16.6. The van der Waals surface area contributed by atoms with Crippen LogP contribution in [0.1, 0.15) is 61.7 Å². The van der Waals surface area contributed by atoms with Crippen LogP contribution >= 0.6 is 0 Å². The minimum Gasteiger partial charge on any atom is -0.496 e. The van der Waals surface area contributed by atoms with Gasteiger partial charge in [0, 0.05) is 0 Å². The lowest BCUT2D eigenvalue weighted by Crippen LogP contribution is -2.43. The SMILES string of the molecule is COc1ccccc1C(=O)C=Cc1cc(C)c(OC(C)(C)C(=O)OC(C)(C)C)c(C)c1. The number of esters is 1. The molecule has 0 aliphatic rings. The van der Waals surface area contributed by atoms with Crippen LogP contribution in [0.5, 0.6) is 11.5 Å². The molecule has 0 aliphatic heterocycles. The number of carbonyl (C=O) groups is 2. The summed E-state index contributed by atoms with van der Waals surface area (Å²) >= 11 is 0. The van der Waals surface area contributed by atoms with Crippen LogP contribution in [0.2, 0.25) is 0 Å². The van der Waals surface area contributed by atoms with Gasteiger partial charge in [0.15, 0.2) is 11.4 Å². The third-order valence-electron chi connectivity index (χ3n) is 4.53. The molecule has 0 radical (unpaired) electrons. The highest BCUT2D eigenvalue weighted by molar-refractivity contribution is 6.08. The van der Waals surface area contributed by atoms with Crippen molar-refractivity contribution in [2.45, 2.75) is 59.7 Å². The molecule has 2 aromatic rings. The third-order valence-corrected chi connectivity index (χ3v) is 4.53. The molecular weight excluding hydrogens is 392 g/mol. The van der Waals surface area contributed by atoms with E-state index in [0.29, 0.717) is 17.1 Å². The summed E-state index contributed by atoms with van der Waals surface area (Å²) in [5.41, 5.74) is 1.36. The second-order valence-corrected chi connectivity index (χ2v) is 9.00. The standard InChI is InChI=1S/C26H32O5/c1-17-15-19(13-14-21(27)20-11-9-10-12-22(20)29-8)16-18(2)23(17)30-26(6,7)24(28)31-25(3,4)5/h9-16H,1-8H3. The minimum absolute atomic E-state index is 0.140. The first-order valence-corrected chi connectivity index (χ1v) is 10.2. The molecule has 0 unspecified atom stereocenters. The number of benzene rings is 2. The Labute approximate surface area is 185 Å². The maximum atomic E-state index is 12.6. The lowest BCUT2D eigenvalue weighted by atomic mass is 10.0. The molecule has 0 aliphatic carbocycles. The summed E-state index contributed by atoms with van der Waals surface area (Å²) in [4.78, 5) is 25.1. The second-order valence-electron chi connectivity index (χ2n) is 9.00. The van der Waals surface area contributed by atoms with Crippen LogP contribution in [0.15, 0.2) is 42.5 Å². The van der Waals surface area contributed by atoms with E-state index in [2.05, 4.69) is 0 Å². The van der Waals surface area contributed by atoms with E-state index in [1.165, 1.54) is 6.08 Å². The molecule has 0 bridgehead atoms. The van der Waals surface area contributed by atoms with Gasteiger partial charge in [0.25, 0.3) is 0 Å². The van der Waals surface area contributed by atoms with E-state index in [0.717, 1.165) is 16.7 Å². The van der Waals surface area contributed by atoms with E-state index < -0.39 is 17.2 Å². The van der Waals surface area contributed by atoms with Gasteiger partial charge in [0.05, 0.1) is 12.7 Å². The molecule has 2 aromatic carbocycles. The fourth-order valence-electron chi connectivity index (χ4n) is 3.05. The quantitative estimate of drug-likeness (QED) is 0.324. The Kier molecular flexibility index (Phi) is 7.32. The maximum absolute atomic E-state index is 12.6. The van der Waals surface area contributed by atoms with Crippen molar-refractivity contribution in [2.75, 3.05) is 7.11 Å². The van der Waals surface area contributed by atoms with E-state index in [1.807, 2.05) is 52.8 Å². The molecule has 0 amide bonds. The van der Waals surface area contributed by atoms with Crippen molar-refractivity contribution in [3.8, 4) is 11.5 Å². The molecule has 166 valence electrons. The van der Waals surface area contributed by atoms with Crippen molar-refractivity contribution in [3.63, 3.8) is 0 Å². The first kappa shape index (κ1) is 24.2. The summed E-state index contributed by atoms with van der Waals surface area (Å²) in [5.74, 6) is 0.603. The molecule has 0 atom stereocenters. The van der Waals surface area contributed by atoms with E-state index in [-0.39, 0.29) is 5.78 Å². The Morgan fingerprint density at radius 1 is 0.935 bits per heavy atom. The van der Waals surface area contributed by atoms with E-state index in [1.54, 1.807) is 45.2 Å². The van der Waals surface area contributed by atoms with E-state index in [4.69, 9.17) is 14.2 Å². The monoisotopic (exact) mass is 424 g/mol. The van der Waals surface area contributed by atoms with Crippen molar-refractivity contribution in [2.24, 2.45) is 0 Å². The molecule has 0 spiro atoms. The zero-order chi connectivity index (χ0) is 23.4. The van der Waals surface area contributed by atoms with Crippen LogP contribution in [-0.4, -0.2) is 30.1 Å². The molecule has 0 fully saturated rings. The normalized spacial score (nSPS) is 12.0. The van der Waals surface area contributed by atoms with Gasteiger partial charge in [-0.1, -0.05) is 18.2 Å². The van der Waals surface area contributed by atoms with Crippen molar-refractivity contribution >= 4 is 17.8 Å². The highest BCUT2D eigenvalue weighted by Crippen LogP contribution is 2.30. The van der Waals surface area contributed by atoms with Gasteiger partial charge in [-0.15, -0.1) is 0 Å². The maximum Gasteiger partial charge on any atom is 0.350 e. The zero-order valence-corrected chi connectivity index (χ0v) is 19.7. The summed E-state index contributed by atoms with van der Waals surface area (Å²) in [6.45, 7) is 12.7. The van der Waals surface area contributed by atoms with Crippen LogP contribution in [0, 0.1) is 13.8 Å². The lowest BCUT2D eigenvalue weighted by Gasteiger charge is -2.30. The van der Waals surface area contributed by atoms with Crippen LogP contribution in [0.4, 0.5) is 0 Å². The summed E-state index contributed by atoms with van der Waals surface area (Å²) in [7, 11) is 1.54. The van der Waals surface area contributed by atoms with Crippen molar-refractivity contribution in [1.82, 2.24) is 0 Å². The van der Waals surface area contributed by atoms with Crippen LogP contribution in [0.25, 0.3) is 6.08 Å². The summed E-state index contributed by atoms with van der Waals surface area (Å²) in [5, 5.41) is 0. The number of methoxy groups -OCH3 is 1. The summed E-state index contributed by atoms with van der Waals surface area (Å²) in [6.07, 6.45) is 3.29. The predicted octanol–water partition coefficient (Wildman–Crippen LogP) is 5.71. The number of para-hydroxylation sites is 1. The minimum atomic E-state index is -1.14. The van der Waals surface area contributed by atoms with Gasteiger partial charge in [-0.2, -0.15) is 0 Å². The first-order valence-electron chi connectivity index (χ1n) is 10.2. The summed E-state index contributed by atoms with van der Waals surface area (Å²) < 4.78 is 16.8. The zero-order valence-electron chi connectivity index (χ0n) is 19.7. The highest BCUT2D eigenvalue weighted by Gasteiger charge is 2.35. The first-order chi connectivity index (χ1) is 14.3. The fraction of sp³-hybridized carbons (Fsp3) is 0.385. The van der Waals surface area contributed by atoms with Gasteiger partial charge in [0.2, 0.25) is 0 Å². The van der Waals surface area contributed by atoms with Gasteiger partial charge >= 0.3 is 5.97 Å². The molecular formula is C26H32O5. The Morgan fingerprint density at radius 2 is 1.52 bits per heavy atom. The number of ketones is 1. The van der Waals surface area contributed by atoms with Crippen LogP contribution < -0.4 is 9.47 Å². The molecule has 0 heterocycles. The van der Waals surface area contributed by atoms with Gasteiger partial charge in [-0.3, -0.25) is 4.79 Å². The van der Waals surface area contributed by atoms with Crippen LogP contribution in [-0.2, 0) is 9.53 Å². The average Bonchev–Trinajstić information content (AvgIpc) is 2.67. The lowest BCUT2D eigenvalue weighted by molar-refractivity contribution is -0.171. The number of allylic oxidation sites excluding steroid dienone is 1. The number of hydrogen-bond donors (Lipinski definition) is 0. The Balaban J connectivity index is 2.23. The number of hydrogen-bond acceptors (Lipinski definition) is 5. The molecule has 5 heteroatoms. The van der Waals surface area contributed by atoms with Crippen molar-refractivity contribution < 1.29 is 23.8 Å². The number of aryl methyl sites for hydroxylation is 2. The fourth-order valence-corrected chi connectivity index (χ4v) is 3.05. The van der Waals surface area contributed by atoms with Gasteiger partial charge in [0.1, 0.15) is 17.1 Å². The molecule has 2 rings (SSSR count). The van der Waals surface area contributed by atoms with Crippen molar-refractivity contribution in [1.29, 1.82) is 0 Å². The third kappa shape index (κ3) is 6.45. The molecule has 0 aromatic heterocycles. The van der Waals surface area contributed by atoms with E-state index >= 15 is 0 Å². The van der Waals surface area contributed by atoms with Gasteiger partial charge in [-0.25, -0.2) is 4.79 Å². The Hall–Kier alpha value is -3.08. The number of ether oxygens (including phenoxy) is 3. The smallest absolute Gasteiger partial charge is 0.350 e. The summed E-state index contributed by atoms with van der Waals surface area (Å²) in [6, 6.07) is 10.9. The van der Waals surface area contributed by atoms with Gasteiger partial charge < -0.3 is 14.2 Å². The molecule has 5 nitrogen and oxygen atoms in total.